The third-order valence-electron chi connectivity index (χ3n) is 4.37. The fraction of sp³-hybridized carbons (Fsp3) is 0.526. The van der Waals surface area contributed by atoms with Gasteiger partial charge in [0.2, 0.25) is 5.91 Å². The molecule has 7 heteroatoms. The van der Waals surface area contributed by atoms with Crippen LogP contribution in [0, 0.1) is 5.92 Å². The predicted octanol–water partition coefficient (Wildman–Crippen LogP) is 1.15. The van der Waals surface area contributed by atoms with E-state index in [2.05, 4.69) is 20.5 Å². The SMILES string of the molecule is CCOC(=O)C1CCN(C(=NC)NCC(=O)NCc2ccccc2)CC1. The first-order chi connectivity index (χ1) is 12.6. The fourth-order valence-corrected chi connectivity index (χ4v) is 2.94. The first-order valence-electron chi connectivity index (χ1n) is 9.07. The highest BCUT2D eigenvalue weighted by molar-refractivity contribution is 5.86. The van der Waals surface area contributed by atoms with Crippen molar-refractivity contribution in [3.8, 4) is 0 Å². The number of carbonyl (C=O) groups excluding carboxylic acids is 2. The molecule has 2 rings (SSSR count). The van der Waals surface area contributed by atoms with Gasteiger partial charge in [0, 0.05) is 26.7 Å². The van der Waals surface area contributed by atoms with Crippen molar-refractivity contribution in [2.45, 2.75) is 26.3 Å². The van der Waals surface area contributed by atoms with E-state index in [0.29, 0.717) is 19.1 Å². The monoisotopic (exact) mass is 360 g/mol. The molecule has 0 spiro atoms. The van der Waals surface area contributed by atoms with E-state index in [9.17, 15) is 9.59 Å². The van der Waals surface area contributed by atoms with Crippen LogP contribution in [0.3, 0.4) is 0 Å². The highest BCUT2D eigenvalue weighted by atomic mass is 16.5. The Kier molecular flexibility index (Phi) is 7.92. The largest absolute Gasteiger partial charge is 0.466 e. The molecule has 0 saturated carbocycles. The topological polar surface area (TPSA) is 83.0 Å². The van der Waals surface area contributed by atoms with Crippen molar-refractivity contribution in [3.63, 3.8) is 0 Å². The zero-order valence-electron chi connectivity index (χ0n) is 15.5. The van der Waals surface area contributed by atoms with Gasteiger partial charge in [-0.2, -0.15) is 0 Å². The van der Waals surface area contributed by atoms with Gasteiger partial charge < -0.3 is 20.3 Å². The lowest BCUT2D eigenvalue weighted by Crippen LogP contribution is -2.49. The van der Waals surface area contributed by atoms with E-state index in [4.69, 9.17) is 4.74 Å². The molecule has 0 aromatic heterocycles. The third-order valence-corrected chi connectivity index (χ3v) is 4.37. The number of piperidine rings is 1. The summed E-state index contributed by atoms with van der Waals surface area (Å²) in [5, 5.41) is 5.97. The van der Waals surface area contributed by atoms with E-state index in [1.807, 2.05) is 37.3 Å². The zero-order valence-corrected chi connectivity index (χ0v) is 15.5. The molecule has 142 valence electrons. The maximum Gasteiger partial charge on any atom is 0.309 e. The molecule has 1 fully saturated rings. The Morgan fingerprint density at radius 3 is 2.50 bits per heavy atom. The minimum atomic E-state index is -0.115. The Morgan fingerprint density at radius 1 is 1.19 bits per heavy atom. The summed E-state index contributed by atoms with van der Waals surface area (Å²) >= 11 is 0. The Hall–Kier alpha value is -2.57. The highest BCUT2D eigenvalue weighted by Crippen LogP contribution is 2.18. The molecule has 1 heterocycles. The molecule has 0 aliphatic carbocycles. The van der Waals surface area contributed by atoms with Crippen LogP contribution in [0.4, 0.5) is 0 Å². The van der Waals surface area contributed by atoms with Crippen LogP contribution in [0.5, 0.6) is 0 Å². The van der Waals surface area contributed by atoms with Gasteiger partial charge in [-0.25, -0.2) is 0 Å². The number of likely N-dealkylation sites (tertiary alicyclic amines) is 1. The van der Waals surface area contributed by atoms with Gasteiger partial charge in [0.1, 0.15) is 0 Å². The second kappa shape index (κ2) is 10.4. The number of rotatable bonds is 6. The van der Waals surface area contributed by atoms with E-state index >= 15 is 0 Å². The summed E-state index contributed by atoms with van der Waals surface area (Å²) in [6.45, 7) is 4.34. The first-order valence-corrected chi connectivity index (χ1v) is 9.07. The maximum absolute atomic E-state index is 12.0. The molecule has 0 unspecified atom stereocenters. The van der Waals surface area contributed by atoms with Crippen LogP contribution in [0.2, 0.25) is 0 Å². The number of ether oxygens (including phenoxy) is 1. The molecule has 0 atom stereocenters. The highest BCUT2D eigenvalue weighted by Gasteiger charge is 2.27. The standard InChI is InChI=1S/C19H28N4O3/c1-3-26-18(25)16-9-11-23(12-10-16)19(20-2)22-14-17(24)21-13-15-7-5-4-6-8-15/h4-8,16H,3,9-14H2,1-2H3,(H,20,22)(H,21,24). The molecule has 0 radical (unpaired) electrons. The van der Waals surface area contributed by atoms with E-state index in [1.54, 1.807) is 7.05 Å². The van der Waals surface area contributed by atoms with Gasteiger partial charge in [-0.05, 0) is 25.3 Å². The molecule has 1 aliphatic heterocycles. The normalized spacial score (nSPS) is 15.5. The summed E-state index contributed by atoms with van der Waals surface area (Å²) in [6, 6.07) is 9.78. The molecule has 26 heavy (non-hydrogen) atoms. The van der Waals surface area contributed by atoms with Gasteiger partial charge in [0.25, 0.3) is 0 Å². The second-order valence-corrected chi connectivity index (χ2v) is 6.18. The lowest BCUT2D eigenvalue weighted by molar-refractivity contribution is -0.149. The van der Waals surface area contributed by atoms with Crippen molar-refractivity contribution in [2.24, 2.45) is 10.9 Å². The smallest absolute Gasteiger partial charge is 0.309 e. The molecule has 0 bridgehead atoms. The van der Waals surface area contributed by atoms with Crippen molar-refractivity contribution < 1.29 is 14.3 Å². The molecule has 1 aromatic rings. The molecule has 1 amide bonds. The van der Waals surface area contributed by atoms with Crippen molar-refractivity contribution in [1.29, 1.82) is 0 Å². The summed E-state index contributed by atoms with van der Waals surface area (Å²) in [5.74, 6) is 0.437. The molecule has 1 aromatic carbocycles. The van der Waals surface area contributed by atoms with Gasteiger partial charge in [-0.1, -0.05) is 30.3 Å². The Bertz CT molecular complexity index is 610. The van der Waals surface area contributed by atoms with E-state index < -0.39 is 0 Å². The average molecular weight is 360 g/mol. The van der Waals surface area contributed by atoms with Gasteiger partial charge in [0.15, 0.2) is 5.96 Å². The number of amides is 1. The number of carbonyl (C=O) groups is 2. The number of esters is 1. The number of benzene rings is 1. The van der Waals surface area contributed by atoms with E-state index in [0.717, 1.165) is 31.5 Å². The van der Waals surface area contributed by atoms with Crippen molar-refractivity contribution >= 4 is 17.8 Å². The number of guanidine groups is 1. The molecule has 7 nitrogen and oxygen atoms in total. The molecular weight excluding hydrogens is 332 g/mol. The average Bonchev–Trinajstić information content (AvgIpc) is 2.68. The first kappa shape index (κ1) is 19.8. The molecular formula is C19H28N4O3. The minimum absolute atomic E-state index is 0.0431. The summed E-state index contributed by atoms with van der Waals surface area (Å²) in [4.78, 5) is 30.1. The second-order valence-electron chi connectivity index (χ2n) is 6.18. The van der Waals surface area contributed by atoms with Crippen LogP contribution in [0.1, 0.15) is 25.3 Å². The number of nitrogens with zero attached hydrogens (tertiary/aromatic N) is 2. The van der Waals surface area contributed by atoms with Crippen LogP contribution in [0.25, 0.3) is 0 Å². The van der Waals surface area contributed by atoms with E-state index in [-0.39, 0.29) is 24.3 Å². The fourth-order valence-electron chi connectivity index (χ4n) is 2.94. The van der Waals surface area contributed by atoms with E-state index in [1.165, 1.54) is 0 Å². The Morgan fingerprint density at radius 2 is 1.88 bits per heavy atom. The van der Waals surface area contributed by atoms with Crippen molar-refractivity contribution in [3.05, 3.63) is 35.9 Å². The number of nitrogens with one attached hydrogen (secondary N) is 2. The minimum Gasteiger partial charge on any atom is -0.466 e. The predicted molar refractivity (Wildman–Crippen MR) is 101 cm³/mol. The van der Waals surface area contributed by atoms with Gasteiger partial charge >= 0.3 is 5.97 Å². The Balaban J connectivity index is 1.72. The third kappa shape index (κ3) is 6.06. The quantitative estimate of drug-likeness (QED) is 0.452. The molecule has 2 N–H and O–H groups in total. The molecule has 1 aliphatic rings. The summed E-state index contributed by atoms with van der Waals surface area (Å²) < 4.78 is 5.09. The van der Waals surface area contributed by atoms with Crippen LogP contribution < -0.4 is 10.6 Å². The summed E-state index contributed by atoms with van der Waals surface area (Å²) in [7, 11) is 1.70. The van der Waals surface area contributed by atoms with Gasteiger partial charge in [-0.15, -0.1) is 0 Å². The zero-order chi connectivity index (χ0) is 18.8. The van der Waals surface area contributed by atoms with Crippen molar-refractivity contribution in [1.82, 2.24) is 15.5 Å². The van der Waals surface area contributed by atoms with Crippen molar-refractivity contribution in [2.75, 3.05) is 33.3 Å². The summed E-state index contributed by atoms with van der Waals surface area (Å²) in [6.07, 6.45) is 1.47. The van der Waals surface area contributed by atoms with Crippen LogP contribution in [0.15, 0.2) is 35.3 Å². The van der Waals surface area contributed by atoms with Crippen LogP contribution in [-0.4, -0.2) is 56.0 Å². The van der Waals surface area contributed by atoms with Gasteiger partial charge in [-0.3, -0.25) is 14.6 Å². The summed E-state index contributed by atoms with van der Waals surface area (Å²) in [5.41, 5.74) is 1.06. The number of aliphatic imine (C=N–C) groups is 1. The Labute approximate surface area is 154 Å². The molecule has 1 saturated heterocycles. The number of hydrogen-bond acceptors (Lipinski definition) is 4. The van der Waals surface area contributed by atoms with Crippen LogP contribution >= 0.6 is 0 Å². The van der Waals surface area contributed by atoms with Gasteiger partial charge in [0.05, 0.1) is 19.1 Å². The lowest BCUT2D eigenvalue weighted by Gasteiger charge is -2.33. The maximum atomic E-state index is 12.0. The number of hydrogen-bond donors (Lipinski definition) is 2. The lowest BCUT2D eigenvalue weighted by atomic mass is 9.97. The van der Waals surface area contributed by atoms with Crippen LogP contribution in [-0.2, 0) is 20.9 Å².